The Kier molecular flexibility index (Phi) is 13.5. The van der Waals surface area contributed by atoms with Gasteiger partial charge in [-0.15, -0.1) is 0 Å². The maximum absolute atomic E-state index is 13.5. The van der Waals surface area contributed by atoms with Gasteiger partial charge in [0.15, 0.2) is 0 Å². The maximum atomic E-state index is 13.5. The minimum Gasteiger partial charge on any atom is -0.488 e. The number of alkyl carbamates (subject to hydrolysis) is 1. The van der Waals surface area contributed by atoms with E-state index >= 15 is 0 Å². The van der Waals surface area contributed by atoms with E-state index < -0.39 is 29.7 Å². The van der Waals surface area contributed by atoms with E-state index in [1.807, 2.05) is 51.3 Å². The van der Waals surface area contributed by atoms with Crippen LogP contribution in [0.2, 0.25) is 0 Å². The van der Waals surface area contributed by atoms with Gasteiger partial charge in [0.05, 0.1) is 13.2 Å². The van der Waals surface area contributed by atoms with E-state index in [2.05, 4.69) is 20.9 Å². The van der Waals surface area contributed by atoms with Gasteiger partial charge in [0.25, 0.3) is 0 Å². The van der Waals surface area contributed by atoms with Crippen molar-refractivity contribution in [1.29, 1.82) is 0 Å². The zero-order valence-electron chi connectivity index (χ0n) is 25.1. The number of thioether (sulfide) groups is 1. The van der Waals surface area contributed by atoms with Crippen LogP contribution in [0.1, 0.15) is 53.5 Å². The van der Waals surface area contributed by atoms with Gasteiger partial charge in [-0.3, -0.25) is 14.5 Å². The van der Waals surface area contributed by atoms with Crippen LogP contribution >= 0.6 is 11.8 Å². The van der Waals surface area contributed by atoms with Gasteiger partial charge < -0.3 is 30.2 Å². The van der Waals surface area contributed by atoms with Crippen LogP contribution in [-0.4, -0.2) is 97.5 Å². The molecule has 40 heavy (non-hydrogen) atoms. The molecule has 1 aliphatic rings. The summed E-state index contributed by atoms with van der Waals surface area (Å²) in [7, 11) is 0. The molecule has 0 aromatic heterocycles. The molecule has 0 aliphatic carbocycles. The smallest absolute Gasteiger partial charge is 0.408 e. The summed E-state index contributed by atoms with van der Waals surface area (Å²) in [5, 5.41) is 8.54. The Bertz CT molecular complexity index is 939. The third-order valence-electron chi connectivity index (χ3n) is 5.87. The molecule has 226 valence electrons. The first-order valence-corrected chi connectivity index (χ1v) is 15.3. The van der Waals surface area contributed by atoms with Crippen molar-refractivity contribution in [2.75, 3.05) is 51.4 Å². The van der Waals surface area contributed by atoms with Crippen molar-refractivity contribution in [3.63, 3.8) is 0 Å². The summed E-state index contributed by atoms with van der Waals surface area (Å²) >= 11 is 1.60. The zero-order chi connectivity index (χ0) is 29.8. The molecule has 1 aromatic rings. The van der Waals surface area contributed by atoms with Crippen molar-refractivity contribution >= 4 is 29.7 Å². The van der Waals surface area contributed by atoms with E-state index in [0.29, 0.717) is 37.7 Å². The molecule has 1 heterocycles. The van der Waals surface area contributed by atoms with Gasteiger partial charge in [-0.05, 0) is 77.7 Å². The van der Waals surface area contributed by atoms with Crippen molar-refractivity contribution < 1.29 is 28.6 Å². The lowest BCUT2D eigenvalue weighted by Gasteiger charge is -2.27. The second kappa shape index (κ2) is 16.1. The third kappa shape index (κ3) is 13.7. The number of amides is 3. The molecule has 1 saturated heterocycles. The third-order valence-corrected chi connectivity index (χ3v) is 6.51. The molecule has 1 aromatic carbocycles. The largest absolute Gasteiger partial charge is 0.488 e. The Morgan fingerprint density at radius 2 is 1.60 bits per heavy atom. The molecule has 10 nitrogen and oxygen atoms in total. The quantitative estimate of drug-likeness (QED) is 0.326. The average molecular weight is 581 g/mol. The van der Waals surface area contributed by atoms with Gasteiger partial charge in [0.2, 0.25) is 11.8 Å². The standard InChI is InChI=1S/C29H48N4O6S/c1-28(2,3)38-22-10-8-21(9-11-22)20-24(32-27(36)39-29(4,5)6)26(35)31-23(12-19-40-7)25(34)30-13-14-33-15-17-37-18-16-33/h8-11,23-24H,12-20H2,1-7H3,(H,30,34)(H,31,35)(H,32,36)/t23-,24-/m0/s1. The van der Waals surface area contributed by atoms with Crippen LogP contribution in [0.4, 0.5) is 4.79 Å². The number of carbonyl (C=O) groups is 3. The Balaban J connectivity index is 2.10. The molecule has 2 rings (SSSR count). The molecule has 1 aliphatic heterocycles. The number of morpholine rings is 1. The summed E-state index contributed by atoms with van der Waals surface area (Å²) < 4.78 is 16.7. The Morgan fingerprint density at radius 3 is 2.17 bits per heavy atom. The summed E-state index contributed by atoms with van der Waals surface area (Å²) in [6, 6.07) is 5.74. The normalized spacial score (nSPS) is 16.0. The highest BCUT2D eigenvalue weighted by molar-refractivity contribution is 7.98. The van der Waals surface area contributed by atoms with Gasteiger partial charge in [0.1, 0.15) is 29.0 Å². The van der Waals surface area contributed by atoms with Crippen LogP contribution in [-0.2, 0) is 25.5 Å². The first-order chi connectivity index (χ1) is 18.8. The van der Waals surface area contributed by atoms with Crippen molar-refractivity contribution in [3.8, 4) is 5.75 Å². The molecule has 2 atom stereocenters. The van der Waals surface area contributed by atoms with Gasteiger partial charge in [-0.1, -0.05) is 12.1 Å². The summed E-state index contributed by atoms with van der Waals surface area (Å²) in [4.78, 5) is 41.4. The fourth-order valence-corrected chi connectivity index (χ4v) is 4.48. The average Bonchev–Trinajstić information content (AvgIpc) is 2.85. The molecule has 3 amide bonds. The number of nitrogens with zero attached hydrogens (tertiary/aromatic N) is 1. The van der Waals surface area contributed by atoms with Crippen LogP contribution < -0.4 is 20.7 Å². The molecular formula is C29H48N4O6S. The highest BCUT2D eigenvalue weighted by atomic mass is 32.2. The first kappa shape index (κ1) is 33.7. The van der Waals surface area contributed by atoms with Gasteiger partial charge >= 0.3 is 6.09 Å². The highest BCUT2D eigenvalue weighted by Gasteiger charge is 2.29. The second-order valence-electron chi connectivity index (χ2n) is 11.8. The second-order valence-corrected chi connectivity index (χ2v) is 12.8. The number of rotatable bonds is 13. The topological polar surface area (TPSA) is 118 Å². The molecular weight excluding hydrogens is 532 g/mol. The van der Waals surface area contributed by atoms with Crippen molar-refractivity contribution in [1.82, 2.24) is 20.9 Å². The molecule has 0 spiro atoms. The van der Waals surface area contributed by atoms with Crippen LogP contribution in [0.5, 0.6) is 5.75 Å². The lowest BCUT2D eigenvalue weighted by atomic mass is 10.0. The Labute approximate surface area is 243 Å². The highest BCUT2D eigenvalue weighted by Crippen LogP contribution is 2.19. The number of hydrogen-bond acceptors (Lipinski definition) is 8. The predicted molar refractivity (Wildman–Crippen MR) is 159 cm³/mol. The lowest BCUT2D eigenvalue weighted by molar-refractivity contribution is -0.130. The molecule has 0 saturated carbocycles. The molecule has 0 bridgehead atoms. The van der Waals surface area contributed by atoms with E-state index in [1.54, 1.807) is 32.5 Å². The summed E-state index contributed by atoms with van der Waals surface area (Å²) in [6.45, 7) is 15.4. The number of benzene rings is 1. The Morgan fingerprint density at radius 1 is 0.950 bits per heavy atom. The lowest BCUT2D eigenvalue weighted by Crippen LogP contribution is -2.55. The minimum absolute atomic E-state index is 0.217. The maximum Gasteiger partial charge on any atom is 0.408 e. The van der Waals surface area contributed by atoms with E-state index in [0.717, 1.165) is 25.2 Å². The van der Waals surface area contributed by atoms with Gasteiger partial charge in [0, 0.05) is 32.6 Å². The fourth-order valence-electron chi connectivity index (χ4n) is 4.00. The number of ether oxygens (including phenoxy) is 3. The van der Waals surface area contributed by atoms with Crippen molar-refractivity contribution in [2.45, 2.75) is 77.7 Å². The van der Waals surface area contributed by atoms with Gasteiger partial charge in [-0.25, -0.2) is 4.79 Å². The molecule has 1 fully saturated rings. The minimum atomic E-state index is -0.942. The number of nitrogens with one attached hydrogen (secondary N) is 3. The molecule has 0 radical (unpaired) electrons. The summed E-state index contributed by atoms with van der Waals surface area (Å²) in [5.41, 5.74) is -0.234. The van der Waals surface area contributed by atoms with Crippen molar-refractivity contribution in [2.24, 2.45) is 0 Å². The van der Waals surface area contributed by atoms with Gasteiger partial charge in [-0.2, -0.15) is 11.8 Å². The number of hydrogen-bond donors (Lipinski definition) is 3. The van der Waals surface area contributed by atoms with E-state index in [1.165, 1.54) is 0 Å². The first-order valence-electron chi connectivity index (χ1n) is 13.9. The zero-order valence-corrected chi connectivity index (χ0v) is 25.9. The number of carbonyl (C=O) groups excluding carboxylic acids is 3. The summed E-state index contributed by atoms with van der Waals surface area (Å²) in [6.07, 6.45) is 1.94. The van der Waals surface area contributed by atoms with Crippen LogP contribution in [0.15, 0.2) is 24.3 Å². The van der Waals surface area contributed by atoms with E-state index in [9.17, 15) is 14.4 Å². The predicted octanol–water partition coefficient (Wildman–Crippen LogP) is 2.99. The molecule has 11 heteroatoms. The van der Waals surface area contributed by atoms with Crippen LogP contribution in [0.3, 0.4) is 0 Å². The van der Waals surface area contributed by atoms with Crippen LogP contribution in [0, 0.1) is 0 Å². The summed E-state index contributed by atoms with van der Waals surface area (Å²) in [5.74, 6) is 0.718. The molecule has 0 unspecified atom stereocenters. The fraction of sp³-hybridized carbons (Fsp3) is 0.690. The van der Waals surface area contributed by atoms with Crippen molar-refractivity contribution in [3.05, 3.63) is 29.8 Å². The monoisotopic (exact) mass is 580 g/mol. The molecule has 3 N–H and O–H groups in total. The SMILES string of the molecule is CSCC[C@H](NC(=O)[C@H](Cc1ccc(OC(C)(C)C)cc1)NC(=O)OC(C)(C)C)C(=O)NCCN1CCOCC1. The van der Waals surface area contributed by atoms with Crippen LogP contribution in [0.25, 0.3) is 0 Å². The van der Waals surface area contributed by atoms with E-state index in [-0.39, 0.29) is 17.9 Å². The van der Waals surface area contributed by atoms with E-state index in [4.69, 9.17) is 14.2 Å². The Hall–Kier alpha value is -2.50.